The molecule has 0 aliphatic carbocycles. The van der Waals surface area contributed by atoms with Gasteiger partial charge in [-0.2, -0.15) is 5.10 Å². The minimum Gasteiger partial charge on any atom is -0.507 e. The number of hydrogen-bond acceptors (Lipinski definition) is 5. The predicted molar refractivity (Wildman–Crippen MR) is 127 cm³/mol. The van der Waals surface area contributed by atoms with Crippen molar-refractivity contribution in [3.8, 4) is 22.6 Å². The van der Waals surface area contributed by atoms with E-state index in [1.165, 1.54) is 0 Å². The summed E-state index contributed by atoms with van der Waals surface area (Å²) in [6.07, 6.45) is 0.540. The molecule has 0 unspecified atom stereocenters. The fourth-order valence-electron chi connectivity index (χ4n) is 3.98. The zero-order chi connectivity index (χ0) is 22.7. The van der Waals surface area contributed by atoms with Crippen LogP contribution in [0, 0.1) is 0 Å². The van der Waals surface area contributed by atoms with Crippen molar-refractivity contribution >= 4 is 10.9 Å². The molecule has 3 aromatic carbocycles. The second-order valence-corrected chi connectivity index (χ2v) is 8.10. The highest BCUT2D eigenvalue weighted by molar-refractivity contribution is 5.88. The lowest BCUT2D eigenvalue weighted by Gasteiger charge is -2.11. The highest BCUT2D eigenvalue weighted by Gasteiger charge is 2.16. The second-order valence-electron chi connectivity index (χ2n) is 8.10. The summed E-state index contributed by atoms with van der Waals surface area (Å²) in [6.45, 7) is 4.84. The van der Waals surface area contributed by atoms with Crippen LogP contribution < -0.4 is 10.5 Å². The third-order valence-electron chi connectivity index (χ3n) is 5.64. The van der Waals surface area contributed by atoms with Crippen LogP contribution >= 0.6 is 0 Å². The third-order valence-corrected chi connectivity index (χ3v) is 5.64. The molecule has 4 rings (SSSR count). The van der Waals surface area contributed by atoms with Crippen LogP contribution in [-0.2, 0) is 19.6 Å². The molecule has 4 aromatic rings. The Morgan fingerprint density at radius 1 is 1.03 bits per heavy atom. The summed E-state index contributed by atoms with van der Waals surface area (Å²) >= 11 is 0. The minimum absolute atomic E-state index is 0.0694. The average Bonchev–Trinajstić information content (AvgIpc) is 3.17. The van der Waals surface area contributed by atoms with Crippen molar-refractivity contribution in [1.82, 2.24) is 9.78 Å². The zero-order valence-electron chi connectivity index (χ0n) is 18.5. The molecule has 4 N–H and O–H groups in total. The Hall–Kier alpha value is -3.35. The van der Waals surface area contributed by atoms with Crippen LogP contribution in [0.4, 0.5) is 0 Å². The number of phenolic OH excluding ortho intramolecular Hbond substituents is 1. The van der Waals surface area contributed by atoms with Crippen molar-refractivity contribution < 1.29 is 14.9 Å². The van der Waals surface area contributed by atoms with E-state index in [4.69, 9.17) is 15.6 Å². The highest BCUT2D eigenvalue weighted by Crippen LogP contribution is 2.35. The lowest BCUT2D eigenvalue weighted by atomic mass is 9.99. The maximum absolute atomic E-state index is 10.7. The number of para-hydroxylation sites is 2. The largest absolute Gasteiger partial charge is 0.507 e. The lowest BCUT2D eigenvalue weighted by Crippen LogP contribution is -2.05. The highest BCUT2D eigenvalue weighted by atomic mass is 16.5. The van der Waals surface area contributed by atoms with Gasteiger partial charge in [-0.3, -0.25) is 4.68 Å². The maximum Gasteiger partial charge on any atom is 0.133 e. The quantitative estimate of drug-likeness (QED) is 0.380. The number of aromatic hydroxyl groups is 1. The van der Waals surface area contributed by atoms with E-state index in [1.807, 2.05) is 59.3 Å². The summed E-state index contributed by atoms with van der Waals surface area (Å²) in [7, 11) is 0. The molecular formula is C26H29N3O3. The van der Waals surface area contributed by atoms with E-state index >= 15 is 0 Å². The monoisotopic (exact) mass is 431 g/mol. The number of ether oxygens (including phenoxy) is 1. The number of nitrogens with two attached hydrogens (primary N) is 1. The van der Waals surface area contributed by atoms with Gasteiger partial charge in [-0.1, -0.05) is 42.5 Å². The number of hydrogen-bond donors (Lipinski definition) is 3. The van der Waals surface area contributed by atoms with Gasteiger partial charge >= 0.3 is 0 Å². The first-order valence-electron chi connectivity index (χ1n) is 10.9. The van der Waals surface area contributed by atoms with Crippen molar-refractivity contribution in [3.63, 3.8) is 0 Å². The van der Waals surface area contributed by atoms with Gasteiger partial charge in [0.15, 0.2) is 0 Å². The summed E-state index contributed by atoms with van der Waals surface area (Å²) in [6, 6.07) is 19.6. The van der Waals surface area contributed by atoms with Gasteiger partial charge in [0.25, 0.3) is 0 Å². The van der Waals surface area contributed by atoms with Gasteiger partial charge < -0.3 is 20.7 Å². The molecule has 0 saturated carbocycles. The topological polar surface area (TPSA) is 93.5 Å². The zero-order valence-corrected chi connectivity index (χ0v) is 18.5. The fourth-order valence-corrected chi connectivity index (χ4v) is 3.98. The molecule has 166 valence electrons. The molecule has 6 heteroatoms. The Bertz CT molecular complexity index is 1230. The van der Waals surface area contributed by atoms with Crippen LogP contribution in [0.5, 0.6) is 11.5 Å². The van der Waals surface area contributed by atoms with Crippen molar-refractivity contribution in [1.29, 1.82) is 0 Å². The maximum atomic E-state index is 10.7. The van der Waals surface area contributed by atoms with Crippen molar-refractivity contribution in [3.05, 3.63) is 77.5 Å². The van der Waals surface area contributed by atoms with E-state index in [0.717, 1.165) is 39.0 Å². The molecule has 0 amide bonds. The Morgan fingerprint density at radius 3 is 2.56 bits per heavy atom. The first-order valence-corrected chi connectivity index (χ1v) is 10.9. The van der Waals surface area contributed by atoms with Crippen molar-refractivity contribution in [2.75, 3.05) is 6.61 Å². The first-order chi connectivity index (χ1) is 15.5. The van der Waals surface area contributed by atoms with E-state index in [-0.39, 0.29) is 24.9 Å². The predicted octanol–water partition coefficient (Wildman–Crippen LogP) is 4.56. The Kier molecular flexibility index (Phi) is 6.44. The minimum atomic E-state index is 0.0694. The van der Waals surface area contributed by atoms with E-state index in [9.17, 15) is 10.2 Å². The number of fused-ring (bicyclic) bond motifs is 1. The summed E-state index contributed by atoms with van der Waals surface area (Å²) < 4.78 is 8.12. The van der Waals surface area contributed by atoms with Crippen LogP contribution in [0.25, 0.3) is 22.0 Å². The molecule has 1 aromatic heterocycles. The van der Waals surface area contributed by atoms with Gasteiger partial charge in [-0.05, 0) is 49.6 Å². The number of aliphatic hydroxyl groups is 1. The molecule has 0 spiro atoms. The first kappa shape index (κ1) is 21.9. The molecule has 0 saturated heterocycles. The molecule has 0 fully saturated rings. The van der Waals surface area contributed by atoms with Crippen molar-refractivity contribution in [2.45, 2.75) is 39.5 Å². The van der Waals surface area contributed by atoms with Crippen molar-refractivity contribution in [2.24, 2.45) is 5.73 Å². The molecule has 6 nitrogen and oxygen atoms in total. The SMILES string of the molecule is CC(C)n1nc(COc2ccccc2CCO)c2cc(-c3cccc(CN)c3O)ccc21. The second kappa shape index (κ2) is 9.42. The summed E-state index contributed by atoms with van der Waals surface area (Å²) in [5.41, 5.74) is 10.9. The van der Waals surface area contributed by atoms with Crippen LogP contribution in [0.3, 0.4) is 0 Å². The average molecular weight is 432 g/mol. The van der Waals surface area contributed by atoms with E-state index in [0.29, 0.717) is 18.6 Å². The van der Waals surface area contributed by atoms with Crippen LogP contribution in [-0.4, -0.2) is 26.6 Å². The standard InChI is InChI=1S/C26H29N3O3/c1-17(2)29-24-11-10-19(21-8-5-7-20(15-27)26(21)31)14-22(24)23(28-29)16-32-25-9-4-3-6-18(25)12-13-30/h3-11,14,17,30-31H,12-13,15-16,27H2,1-2H3. The number of aliphatic hydroxyl groups excluding tert-OH is 1. The number of nitrogens with zero attached hydrogens (tertiary/aromatic N) is 2. The molecule has 0 radical (unpaired) electrons. The summed E-state index contributed by atoms with van der Waals surface area (Å²) in [5.74, 6) is 0.958. The summed E-state index contributed by atoms with van der Waals surface area (Å²) in [4.78, 5) is 0. The Labute approximate surface area is 187 Å². The summed E-state index contributed by atoms with van der Waals surface area (Å²) in [5, 5.41) is 25.8. The molecule has 0 atom stereocenters. The van der Waals surface area contributed by atoms with Gasteiger partial charge in [0, 0.05) is 35.7 Å². The van der Waals surface area contributed by atoms with Crippen LogP contribution in [0.15, 0.2) is 60.7 Å². The molecular weight excluding hydrogens is 402 g/mol. The lowest BCUT2D eigenvalue weighted by molar-refractivity contribution is 0.281. The number of benzene rings is 3. The van der Waals surface area contributed by atoms with Gasteiger partial charge in [-0.25, -0.2) is 0 Å². The van der Waals surface area contributed by atoms with E-state index in [1.54, 1.807) is 0 Å². The molecule has 0 bridgehead atoms. The molecule has 0 aliphatic heterocycles. The van der Waals surface area contributed by atoms with Crippen LogP contribution in [0.2, 0.25) is 0 Å². The smallest absolute Gasteiger partial charge is 0.133 e. The van der Waals surface area contributed by atoms with Gasteiger partial charge in [-0.15, -0.1) is 0 Å². The Balaban J connectivity index is 1.75. The van der Waals surface area contributed by atoms with Gasteiger partial charge in [0.2, 0.25) is 0 Å². The fraction of sp³-hybridized carbons (Fsp3) is 0.269. The molecule has 32 heavy (non-hydrogen) atoms. The third kappa shape index (κ3) is 4.20. The molecule has 0 aliphatic rings. The number of aromatic nitrogens is 2. The normalized spacial score (nSPS) is 11.4. The van der Waals surface area contributed by atoms with Crippen LogP contribution in [0.1, 0.15) is 36.7 Å². The van der Waals surface area contributed by atoms with Gasteiger partial charge in [0.1, 0.15) is 23.8 Å². The van der Waals surface area contributed by atoms with E-state index in [2.05, 4.69) is 19.9 Å². The number of rotatable bonds is 8. The van der Waals surface area contributed by atoms with Gasteiger partial charge in [0.05, 0.1) is 5.52 Å². The van der Waals surface area contributed by atoms with E-state index < -0.39 is 0 Å². The molecule has 1 heterocycles. The Morgan fingerprint density at radius 2 is 1.81 bits per heavy atom. The number of phenols is 1.